The summed E-state index contributed by atoms with van der Waals surface area (Å²) in [6.45, 7) is 14.3. The van der Waals surface area contributed by atoms with Crippen molar-refractivity contribution in [2.75, 3.05) is 13.2 Å². The molecular formula is C22H36N6O2SSi. The maximum Gasteiger partial charge on any atom is 0.144 e. The van der Waals surface area contributed by atoms with Gasteiger partial charge < -0.3 is 19.6 Å². The van der Waals surface area contributed by atoms with Crippen LogP contribution in [0.3, 0.4) is 0 Å². The number of ether oxygens (including phenoxy) is 1. The van der Waals surface area contributed by atoms with Crippen molar-refractivity contribution < 1.29 is 9.29 Å². The first-order chi connectivity index (χ1) is 15.0. The number of nitrogens with two attached hydrogens (primary N) is 1. The van der Waals surface area contributed by atoms with Crippen LogP contribution in [0.15, 0.2) is 36.8 Å². The van der Waals surface area contributed by atoms with Crippen molar-refractivity contribution in [1.29, 1.82) is 0 Å². The number of imidazole rings is 1. The van der Waals surface area contributed by atoms with Crippen molar-refractivity contribution in [3.63, 3.8) is 0 Å². The number of fused-ring (bicyclic) bond motifs is 1. The molecule has 3 heterocycles. The molecule has 0 aromatic carbocycles. The van der Waals surface area contributed by atoms with Gasteiger partial charge in [0.2, 0.25) is 0 Å². The number of nitrogens with one attached hydrogen (secondary N) is 1. The molecule has 10 heteroatoms. The summed E-state index contributed by atoms with van der Waals surface area (Å²) in [6.07, 6.45) is 5.57. The van der Waals surface area contributed by atoms with Gasteiger partial charge in [-0.3, -0.25) is 4.57 Å². The Bertz CT molecular complexity index is 1020. The summed E-state index contributed by atoms with van der Waals surface area (Å²) >= 11 is -1.27. The van der Waals surface area contributed by atoms with Gasteiger partial charge in [-0.1, -0.05) is 19.6 Å². The predicted octanol–water partition coefficient (Wildman–Crippen LogP) is 3.59. The normalized spacial score (nSPS) is 14.8. The molecule has 8 nitrogen and oxygen atoms in total. The fourth-order valence-corrected chi connectivity index (χ4v) is 4.68. The van der Waals surface area contributed by atoms with Crippen LogP contribution in [0.2, 0.25) is 25.7 Å². The molecule has 0 bridgehead atoms. The quantitative estimate of drug-likeness (QED) is 0.263. The molecule has 32 heavy (non-hydrogen) atoms. The number of pyridine rings is 1. The third-order valence-corrected chi connectivity index (χ3v) is 8.41. The molecule has 0 amide bonds. The van der Waals surface area contributed by atoms with E-state index in [0.29, 0.717) is 12.6 Å². The zero-order valence-electron chi connectivity index (χ0n) is 20.0. The maximum atomic E-state index is 12.6. The van der Waals surface area contributed by atoms with E-state index in [-0.39, 0.29) is 12.6 Å². The highest BCUT2D eigenvalue weighted by Crippen LogP contribution is 2.22. The lowest BCUT2D eigenvalue weighted by molar-refractivity contribution is 0.0899. The second-order valence-electron chi connectivity index (χ2n) is 10.2. The van der Waals surface area contributed by atoms with E-state index >= 15 is 0 Å². The molecule has 2 atom stereocenters. The maximum absolute atomic E-state index is 12.6. The van der Waals surface area contributed by atoms with Crippen molar-refractivity contribution in [2.24, 2.45) is 5.73 Å². The van der Waals surface area contributed by atoms with Crippen molar-refractivity contribution in [3.05, 3.63) is 42.6 Å². The van der Waals surface area contributed by atoms with E-state index < -0.39 is 24.2 Å². The van der Waals surface area contributed by atoms with Crippen LogP contribution in [0.4, 0.5) is 0 Å². The average Bonchev–Trinajstić information content (AvgIpc) is 3.34. The molecular weight excluding hydrogens is 440 g/mol. The van der Waals surface area contributed by atoms with Gasteiger partial charge in [-0.15, -0.1) is 4.72 Å². The first-order valence-electron chi connectivity index (χ1n) is 10.9. The molecule has 3 aromatic heterocycles. The fraction of sp³-hybridized carbons (Fsp3) is 0.545. The first-order valence-corrected chi connectivity index (χ1v) is 15.8. The van der Waals surface area contributed by atoms with Crippen LogP contribution < -0.4 is 10.5 Å². The molecule has 0 fully saturated rings. The lowest BCUT2D eigenvalue weighted by Gasteiger charge is -2.27. The standard InChI is InChI=1S/C22H36N6O2SSi/c1-22(2,3)31(29)26-18(15-23)21-24-10-12-28(21)19-8-7-17-9-11-27(20(17)25-19)16-30-13-14-32(4,5)6/h7-12,18,26H,13-16,23H2,1-6H3. The van der Waals surface area contributed by atoms with E-state index in [2.05, 4.69) is 29.3 Å². The second-order valence-corrected chi connectivity index (χ2v) is 17.8. The molecule has 0 aliphatic carbocycles. The van der Waals surface area contributed by atoms with Crippen LogP contribution in [0.5, 0.6) is 0 Å². The Morgan fingerprint density at radius 1 is 1.22 bits per heavy atom. The minimum absolute atomic E-state index is 0.266. The van der Waals surface area contributed by atoms with Gasteiger partial charge in [0.05, 0.1) is 0 Å². The van der Waals surface area contributed by atoms with Crippen LogP contribution in [0.1, 0.15) is 32.6 Å². The summed E-state index contributed by atoms with van der Waals surface area (Å²) in [5, 5.41) is 1.05. The molecule has 0 saturated heterocycles. The van der Waals surface area contributed by atoms with E-state index in [1.165, 1.54) is 0 Å². The van der Waals surface area contributed by atoms with Gasteiger partial charge in [-0.25, -0.2) is 9.97 Å². The number of hydrogen-bond donors (Lipinski definition) is 2. The molecule has 2 unspecified atom stereocenters. The zero-order chi connectivity index (χ0) is 23.5. The van der Waals surface area contributed by atoms with E-state index in [1.807, 2.05) is 60.5 Å². The Kier molecular flexibility index (Phi) is 7.84. The minimum Gasteiger partial charge on any atom is -0.598 e. The topological polar surface area (TPSA) is 106 Å². The van der Waals surface area contributed by atoms with E-state index in [1.54, 1.807) is 6.20 Å². The lowest BCUT2D eigenvalue weighted by Crippen LogP contribution is -2.44. The summed E-state index contributed by atoms with van der Waals surface area (Å²) in [5.41, 5.74) is 6.86. The summed E-state index contributed by atoms with van der Waals surface area (Å²) in [6, 6.07) is 6.81. The van der Waals surface area contributed by atoms with Crippen LogP contribution in [0, 0.1) is 0 Å². The lowest BCUT2D eigenvalue weighted by atomic mass is 10.3. The van der Waals surface area contributed by atoms with Crippen molar-refractivity contribution in [3.8, 4) is 5.82 Å². The third-order valence-electron chi connectivity index (χ3n) is 5.09. The van der Waals surface area contributed by atoms with Gasteiger partial charge >= 0.3 is 0 Å². The highest BCUT2D eigenvalue weighted by molar-refractivity contribution is 7.90. The van der Waals surface area contributed by atoms with Gasteiger partial charge in [-0.05, 0) is 45.0 Å². The fourth-order valence-electron chi connectivity index (χ4n) is 3.11. The highest BCUT2D eigenvalue weighted by atomic mass is 32.2. The van der Waals surface area contributed by atoms with Crippen LogP contribution in [-0.4, -0.2) is 49.6 Å². The van der Waals surface area contributed by atoms with E-state index in [0.717, 1.165) is 29.5 Å². The molecule has 0 spiro atoms. The smallest absolute Gasteiger partial charge is 0.144 e. The van der Waals surface area contributed by atoms with Crippen molar-refractivity contribution in [2.45, 2.75) is 64.0 Å². The van der Waals surface area contributed by atoms with Gasteiger partial charge in [0.1, 0.15) is 34.8 Å². The number of nitrogens with zero attached hydrogens (tertiary/aromatic N) is 4. The third kappa shape index (κ3) is 6.21. The Hall–Kier alpha value is -1.69. The first kappa shape index (κ1) is 24.9. The summed E-state index contributed by atoms with van der Waals surface area (Å²) in [7, 11) is -1.12. The van der Waals surface area contributed by atoms with Gasteiger partial charge in [0.15, 0.2) is 0 Å². The van der Waals surface area contributed by atoms with Crippen LogP contribution in [0.25, 0.3) is 16.9 Å². The Labute approximate surface area is 194 Å². The second kappa shape index (κ2) is 10.1. The molecule has 0 saturated carbocycles. The largest absolute Gasteiger partial charge is 0.598 e. The molecule has 176 valence electrons. The number of aromatic nitrogens is 4. The Morgan fingerprint density at radius 2 is 1.97 bits per heavy atom. The van der Waals surface area contributed by atoms with Crippen molar-refractivity contribution >= 4 is 30.5 Å². The van der Waals surface area contributed by atoms with Crippen LogP contribution in [-0.2, 0) is 22.8 Å². The average molecular weight is 477 g/mol. The molecule has 0 aliphatic rings. The molecule has 0 radical (unpaired) electrons. The predicted molar refractivity (Wildman–Crippen MR) is 134 cm³/mol. The number of rotatable bonds is 10. The van der Waals surface area contributed by atoms with Gasteiger partial charge in [0, 0.05) is 56.6 Å². The number of hydrogen-bond acceptors (Lipinski definition) is 6. The molecule has 3 rings (SSSR count). The Morgan fingerprint density at radius 3 is 2.62 bits per heavy atom. The van der Waals surface area contributed by atoms with Gasteiger partial charge in [0.25, 0.3) is 0 Å². The highest BCUT2D eigenvalue weighted by Gasteiger charge is 2.31. The van der Waals surface area contributed by atoms with Crippen molar-refractivity contribution in [1.82, 2.24) is 23.8 Å². The van der Waals surface area contributed by atoms with E-state index in [9.17, 15) is 4.55 Å². The van der Waals surface area contributed by atoms with E-state index in [4.69, 9.17) is 15.5 Å². The Balaban J connectivity index is 1.82. The zero-order valence-corrected chi connectivity index (χ0v) is 21.8. The SMILES string of the molecule is CC(C)(C)[S+]([O-])NC(CN)c1nccn1-c1ccc2ccn(COCC[Si](C)(C)C)c2n1. The monoisotopic (exact) mass is 476 g/mol. The molecule has 0 aliphatic heterocycles. The summed E-state index contributed by atoms with van der Waals surface area (Å²) in [5.74, 6) is 1.41. The van der Waals surface area contributed by atoms with Crippen LogP contribution >= 0.6 is 0 Å². The summed E-state index contributed by atoms with van der Waals surface area (Å²) < 4.78 is 25.2. The van der Waals surface area contributed by atoms with Gasteiger partial charge in [-0.2, -0.15) is 0 Å². The summed E-state index contributed by atoms with van der Waals surface area (Å²) in [4.78, 5) is 9.37. The minimum atomic E-state index is -1.27. The molecule has 3 N–H and O–H groups in total. The molecule has 3 aromatic rings.